The summed E-state index contributed by atoms with van der Waals surface area (Å²) < 4.78 is 18.3. The monoisotopic (exact) mass is 619 g/mol. The number of anilines is 1. The van der Waals surface area contributed by atoms with Gasteiger partial charge in [0.25, 0.3) is 11.8 Å². The van der Waals surface area contributed by atoms with Gasteiger partial charge in [-0.3, -0.25) is 14.4 Å². The van der Waals surface area contributed by atoms with E-state index < -0.39 is 17.8 Å². The molecule has 0 bridgehead atoms. The lowest BCUT2D eigenvalue weighted by molar-refractivity contribution is -0.126. The van der Waals surface area contributed by atoms with Crippen LogP contribution in [-0.4, -0.2) is 45.6 Å². The van der Waals surface area contributed by atoms with Crippen LogP contribution in [0.25, 0.3) is 0 Å². The Labute approximate surface area is 262 Å². The number of carbonyl (C=O) groups excluding carboxylic acids is 3. The maximum atomic E-state index is 14.4. The van der Waals surface area contributed by atoms with Gasteiger partial charge in [-0.25, -0.2) is 4.39 Å². The second-order valence-corrected chi connectivity index (χ2v) is 12.8. The van der Waals surface area contributed by atoms with Crippen LogP contribution in [0.2, 0.25) is 0 Å². The number of halogens is 1. The third-order valence-corrected chi connectivity index (χ3v) is 9.77. The second-order valence-electron chi connectivity index (χ2n) is 12.1. The lowest BCUT2D eigenvalue weighted by Gasteiger charge is -2.33. The highest BCUT2D eigenvalue weighted by Gasteiger charge is 2.36. The molecule has 2 saturated carbocycles. The van der Waals surface area contributed by atoms with Crippen molar-refractivity contribution in [1.29, 1.82) is 0 Å². The summed E-state index contributed by atoms with van der Waals surface area (Å²) in [6.07, 6.45) is 10.5. The Balaban J connectivity index is 1.48. The molecule has 1 atom stereocenters. The standard InChI is InChI=1S/C34H42FN5O3S/c1-22-10-8-9-11-23(22)20-21-40(30(24-16-18-25(35)19-17-24)33(42)38-27-14-6-3-7-15-27)34(43)31-28(36)29(39-44-31)32(41)37-26-12-4-2-5-13-26/h8-11,16-19,26-27,30H,2-7,12-15,20-21,36H2,1H3,(H,37,41)(H,38,42). The fourth-order valence-electron chi connectivity index (χ4n) is 6.37. The van der Waals surface area contributed by atoms with Crippen LogP contribution < -0.4 is 16.4 Å². The van der Waals surface area contributed by atoms with E-state index in [0.717, 1.165) is 86.9 Å². The van der Waals surface area contributed by atoms with E-state index in [4.69, 9.17) is 5.73 Å². The van der Waals surface area contributed by atoms with Crippen molar-refractivity contribution in [2.24, 2.45) is 0 Å². The van der Waals surface area contributed by atoms with Crippen LogP contribution in [0.1, 0.15) is 107 Å². The molecule has 0 spiro atoms. The second kappa shape index (κ2) is 14.8. The molecule has 1 aromatic heterocycles. The molecule has 1 unspecified atom stereocenters. The predicted molar refractivity (Wildman–Crippen MR) is 171 cm³/mol. The van der Waals surface area contributed by atoms with Gasteiger partial charge in [0.2, 0.25) is 5.91 Å². The first-order valence-corrected chi connectivity index (χ1v) is 16.6. The molecule has 4 N–H and O–H groups in total. The van der Waals surface area contributed by atoms with E-state index in [1.807, 2.05) is 31.2 Å². The molecule has 0 saturated heterocycles. The van der Waals surface area contributed by atoms with Crippen molar-refractivity contribution >= 4 is 34.9 Å². The number of hydrogen-bond donors (Lipinski definition) is 3. The molecule has 3 aromatic rings. The fraction of sp³-hybridized carbons (Fsp3) is 0.471. The highest BCUT2D eigenvalue weighted by atomic mass is 32.1. The zero-order valence-electron chi connectivity index (χ0n) is 25.3. The first kappa shape index (κ1) is 31.6. The van der Waals surface area contributed by atoms with Crippen LogP contribution in [0, 0.1) is 12.7 Å². The van der Waals surface area contributed by atoms with Gasteiger partial charge in [0.1, 0.15) is 16.7 Å². The smallest absolute Gasteiger partial charge is 0.273 e. The summed E-state index contributed by atoms with van der Waals surface area (Å²) in [5.41, 5.74) is 9.11. The summed E-state index contributed by atoms with van der Waals surface area (Å²) in [5, 5.41) is 6.21. The van der Waals surface area contributed by atoms with Gasteiger partial charge in [0, 0.05) is 18.6 Å². The third kappa shape index (κ3) is 7.64. The predicted octanol–water partition coefficient (Wildman–Crippen LogP) is 6.11. The molecule has 10 heteroatoms. The van der Waals surface area contributed by atoms with Gasteiger partial charge in [0.05, 0.1) is 5.69 Å². The molecule has 2 aliphatic rings. The van der Waals surface area contributed by atoms with E-state index in [0.29, 0.717) is 12.0 Å². The van der Waals surface area contributed by atoms with Crippen molar-refractivity contribution in [1.82, 2.24) is 19.9 Å². The normalized spacial score (nSPS) is 16.7. The number of rotatable bonds is 10. The van der Waals surface area contributed by atoms with Gasteiger partial charge >= 0.3 is 0 Å². The van der Waals surface area contributed by atoms with Gasteiger partial charge in [-0.05, 0) is 79.4 Å². The number of aryl methyl sites for hydroxylation is 1. The van der Waals surface area contributed by atoms with Crippen LogP contribution in [0.4, 0.5) is 10.1 Å². The quantitative estimate of drug-likeness (QED) is 0.253. The topological polar surface area (TPSA) is 117 Å². The van der Waals surface area contributed by atoms with Crippen LogP contribution in [0.5, 0.6) is 0 Å². The van der Waals surface area contributed by atoms with E-state index >= 15 is 0 Å². The molecule has 0 aliphatic heterocycles. The van der Waals surface area contributed by atoms with Crippen LogP contribution in [0.15, 0.2) is 48.5 Å². The summed E-state index contributed by atoms with van der Waals surface area (Å²) in [7, 11) is 0. The van der Waals surface area contributed by atoms with Crippen molar-refractivity contribution in [3.63, 3.8) is 0 Å². The summed E-state index contributed by atoms with van der Waals surface area (Å²) in [5.74, 6) is -1.63. The Kier molecular flexibility index (Phi) is 10.6. The zero-order chi connectivity index (χ0) is 31.1. The van der Waals surface area contributed by atoms with Crippen LogP contribution in [0.3, 0.4) is 0 Å². The number of amides is 3. The molecule has 0 radical (unpaired) electrons. The number of benzene rings is 2. The average molecular weight is 620 g/mol. The number of nitrogens with one attached hydrogen (secondary N) is 2. The highest BCUT2D eigenvalue weighted by molar-refractivity contribution is 7.09. The number of nitrogen functional groups attached to an aromatic ring is 1. The van der Waals surface area contributed by atoms with Gasteiger partial charge in [-0.15, -0.1) is 0 Å². The first-order valence-electron chi connectivity index (χ1n) is 15.8. The Morgan fingerprint density at radius 1 is 0.932 bits per heavy atom. The van der Waals surface area contributed by atoms with Gasteiger partial charge in [-0.1, -0.05) is 74.9 Å². The molecular formula is C34H42FN5O3S. The maximum Gasteiger partial charge on any atom is 0.273 e. The molecular weight excluding hydrogens is 577 g/mol. The van der Waals surface area contributed by atoms with Gasteiger partial charge in [0.15, 0.2) is 5.69 Å². The number of aromatic nitrogens is 1. The summed E-state index contributed by atoms with van der Waals surface area (Å²) in [6.45, 7) is 2.21. The Hall–Kier alpha value is -3.79. The summed E-state index contributed by atoms with van der Waals surface area (Å²) in [4.78, 5) is 43.2. The molecule has 3 amide bonds. The lowest BCUT2D eigenvalue weighted by atomic mass is 9.94. The number of nitrogens with zero attached hydrogens (tertiary/aromatic N) is 2. The Bertz CT molecular complexity index is 1450. The van der Waals surface area contributed by atoms with E-state index in [-0.39, 0.29) is 46.7 Å². The highest BCUT2D eigenvalue weighted by Crippen LogP contribution is 2.31. The minimum absolute atomic E-state index is 0.0103. The molecule has 234 valence electrons. The van der Waals surface area contributed by atoms with Crippen molar-refractivity contribution in [2.45, 2.75) is 95.7 Å². The van der Waals surface area contributed by atoms with Crippen LogP contribution in [-0.2, 0) is 11.2 Å². The van der Waals surface area contributed by atoms with Gasteiger partial charge < -0.3 is 21.3 Å². The summed E-state index contributed by atoms with van der Waals surface area (Å²) >= 11 is 0.871. The van der Waals surface area contributed by atoms with Gasteiger partial charge in [-0.2, -0.15) is 4.37 Å². The molecule has 1 heterocycles. The van der Waals surface area contributed by atoms with E-state index in [9.17, 15) is 18.8 Å². The van der Waals surface area contributed by atoms with Crippen molar-refractivity contribution in [3.8, 4) is 0 Å². The Morgan fingerprint density at radius 3 is 2.18 bits per heavy atom. The molecule has 5 rings (SSSR count). The first-order chi connectivity index (χ1) is 21.3. The fourth-order valence-corrected chi connectivity index (χ4v) is 7.12. The molecule has 8 nitrogen and oxygen atoms in total. The average Bonchev–Trinajstić information content (AvgIpc) is 3.42. The van der Waals surface area contributed by atoms with E-state index in [2.05, 4.69) is 15.0 Å². The molecule has 44 heavy (non-hydrogen) atoms. The molecule has 2 aromatic carbocycles. The van der Waals surface area contributed by atoms with Crippen molar-refractivity contribution in [2.75, 3.05) is 12.3 Å². The van der Waals surface area contributed by atoms with Crippen molar-refractivity contribution < 1.29 is 18.8 Å². The lowest BCUT2D eigenvalue weighted by Crippen LogP contribution is -2.47. The van der Waals surface area contributed by atoms with Crippen molar-refractivity contribution in [3.05, 3.63) is 81.6 Å². The largest absolute Gasteiger partial charge is 0.395 e. The zero-order valence-corrected chi connectivity index (χ0v) is 26.1. The van der Waals surface area contributed by atoms with E-state index in [1.165, 1.54) is 17.0 Å². The minimum atomic E-state index is -1.03. The summed E-state index contributed by atoms with van der Waals surface area (Å²) in [6, 6.07) is 12.7. The number of nitrogens with two attached hydrogens (primary N) is 1. The van der Waals surface area contributed by atoms with Crippen LogP contribution >= 0.6 is 11.5 Å². The number of carbonyl (C=O) groups is 3. The SMILES string of the molecule is Cc1ccccc1CCN(C(=O)c1snc(C(=O)NC2CCCCC2)c1N)C(C(=O)NC1CCCCC1)c1ccc(F)cc1. The maximum absolute atomic E-state index is 14.4. The molecule has 2 fully saturated rings. The minimum Gasteiger partial charge on any atom is -0.395 e. The Morgan fingerprint density at radius 2 is 1.55 bits per heavy atom. The third-order valence-electron chi connectivity index (χ3n) is 8.92. The number of hydrogen-bond acceptors (Lipinski definition) is 6. The van der Waals surface area contributed by atoms with E-state index in [1.54, 1.807) is 12.1 Å². The molecule has 2 aliphatic carbocycles.